The van der Waals surface area contributed by atoms with E-state index < -0.39 is 14.4 Å². The van der Waals surface area contributed by atoms with Gasteiger partial charge in [-0.3, -0.25) is 4.79 Å². The van der Waals surface area contributed by atoms with Gasteiger partial charge in [0, 0.05) is 0 Å². The van der Waals surface area contributed by atoms with Gasteiger partial charge in [0.25, 0.3) is 0 Å². The number of aliphatic hydroxyl groups excluding tert-OH is 1. The molecule has 0 amide bonds. The number of hydrogen-bond acceptors (Lipinski definition) is 4. The lowest BCUT2D eigenvalue weighted by molar-refractivity contribution is -0.144. The molecule has 0 bridgehead atoms. The van der Waals surface area contributed by atoms with Gasteiger partial charge in [0.05, 0.1) is 13.0 Å². The van der Waals surface area contributed by atoms with Crippen molar-refractivity contribution in [1.82, 2.24) is 0 Å². The highest BCUT2D eigenvalue weighted by atomic mass is 28.4. The van der Waals surface area contributed by atoms with Gasteiger partial charge in [-0.1, -0.05) is 75.4 Å². The summed E-state index contributed by atoms with van der Waals surface area (Å²) in [5.74, 6) is -0.284. The second-order valence-electron chi connectivity index (χ2n) is 8.66. The molecular formula is C23H32O4Si. The van der Waals surface area contributed by atoms with Gasteiger partial charge in [0.2, 0.25) is 0 Å². The minimum atomic E-state index is -1.92. The predicted molar refractivity (Wildman–Crippen MR) is 114 cm³/mol. The molecule has 0 fully saturated rings. The molecule has 2 aromatic rings. The largest absolute Gasteiger partial charge is 0.461 e. The minimum absolute atomic E-state index is 0.0943. The first kappa shape index (κ1) is 22.3. The number of hydrogen-bond donors (Lipinski definition) is 1. The summed E-state index contributed by atoms with van der Waals surface area (Å²) >= 11 is 0. The molecule has 1 atom stereocenters. The minimum Gasteiger partial charge on any atom is -0.461 e. The van der Waals surface area contributed by atoms with Crippen LogP contribution in [-0.2, 0) is 27.0 Å². The molecule has 0 aliphatic carbocycles. The van der Waals surface area contributed by atoms with Crippen molar-refractivity contribution in [1.29, 1.82) is 0 Å². The van der Waals surface area contributed by atoms with Crippen LogP contribution in [-0.4, -0.2) is 26.0 Å². The number of carbonyl (C=O) groups excluding carboxylic acids is 1. The van der Waals surface area contributed by atoms with Crippen molar-refractivity contribution in [2.24, 2.45) is 0 Å². The number of carbonyl (C=O) groups is 1. The summed E-state index contributed by atoms with van der Waals surface area (Å²) < 4.78 is 11.5. The Morgan fingerprint density at radius 1 is 1.04 bits per heavy atom. The Balaban J connectivity index is 1.91. The summed E-state index contributed by atoms with van der Waals surface area (Å²) in [6.45, 7) is 11.4. The number of benzene rings is 2. The van der Waals surface area contributed by atoms with Gasteiger partial charge in [0.15, 0.2) is 8.32 Å². The highest BCUT2D eigenvalue weighted by Gasteiger charge is 2.37. The van der Waals surface area contributed by atoms with E-state index >= 15 is 0 Å². The average molecular weight is 401 g/mol. The van der Waals surface area contributed by atoms with E-state index in [0.717, 1.165) is 16.7 Å². The highest BCUT2D eigenvalue weighted by molar-refractivity contribution is 6.74. The first-order valence-electron chi connectivity index (χ1n) is 9.69. The summed E-state index contributed by atoms with van der Waals surface area (Å²) in [4.78, 5) is 12.1. The first-order chi connectivity index (χ1) is 13.1. The molecule has 28 heavy (non-hydrogen) atoms. The van der Waals surface area contributed by atoms with Crippen LogP contribution < -0.4 is 0 Å². The van der Waals surface area contributed by atoms with Crippen molar-refractivity contribution in [3.05, 3.63) is 71.3 Å². The van der Waals surface area contributed by atoms with Crippen molar-refractivity contribution in [2.75, 3.05) is 6.61 Å². The normalized spacial score (nSPS) is 13.2. The van der Waals surface area contributed by atoms with E-state index in [-0.39, 0.29) is 30.6 Å². The van der Waals surface area contributed by atoms with E-state index in [2.05, 4.69) is 33.9 Å². The molecule has 0 heterocycles. The maximum Gasteiger partial charge on any atom is 0.310 e. The average Bonchev–Trinajstić information content (AvgIpc) is 2.64. The Bertz CT molecular complexity index is 766. The molecule has 0 radical (unpaired) electrons. The van der Waals surface area contributed by atoms with Crippen LogP contribution >= 0.6 is 0 Å². The topological polar surface area (TPSA) is 55.8 Å². The Labute approximate surface area is 169 Å². The van der Waals surface area contributed by atoms with Crippen molar-refractivity contribution in [3.8, 4) is 0 Å². The Morgan fingerprint density at radius 2 is 1.68 bits per heavy atom. The summed E-state index contributed by atoms with van der Waals surface area (Å²) in [5.41, 5.74) is 2.54. The van der Waals surface area contributed by atoms with Gasteiger partial charge in [-0.25, -0.2) is 0 Å². The quantitative estimate of drug-likeness (QED) is 0.499. The van der Waals surface area contributed by atoms with Gasteiger partial charge in [-0.05, 0) is 34.8 Å². The first-order valence-corrected chi connectivity index (χ1v) is 12.6. The smallest absolute Gasteiger partial charge is 0.310 e. The fraction of sp³-hybridized carbons (Fsp3) is 0.435. The third-order valence-electron chi connectivity index (χ3n) is 5.34. The van der Waals surface area contributed by atoms with Crippen molar-refractivity contribution >= 4 is 14.3 Å². The van der Waals surface area contributed by atoms with E-state index in [4.69, 9.17) is 9.16 Å². The second-order valence-corrected chi connectivity index (χ2v) is 13.5. The van der Waals surface area contributed by atoms with Crippen LogP contribution in [0.3, 0.4) is 0 Å². The van der Waals surface area contributed by atoms with Crippen LogP contribution in [0.25, 0.3) is 0 Å². The molecule has 4 nitrogen and oxygen atoms in total. The maximum absolute atomic E-state index is 12.1. The number of ether oxygens (including phenoxy) is 1. The van der Waals surface area contributed by atoms with Gasteiger partial charge in [-0.2, -0.15) is 0 Å². The molecule has 1 unspecified atom stereocenters. The van der Waals surface area contributed by atoms with Crippen LogP contribution in [0.2, 0.25) is 18.1 Å². The zero-order chi connectivity index (χ0) is 20.8. The van der Waals surface area contributed by atoms with Gasteiger partial charge < -0.3 is 14.3 Å². The van der Waals surface area contributed by atoms with E-state index in [1.54, 1.807) is 0 Å². The van der Waals surface area contributed by atoms with E-state index in [1.165, 1.54) is 0 Å². The number of esters is 1. The molecule has 152 valence electrons. The third-order valence-corrected chi connectivity index (χ3v) is 9.84. The Hall–Kier alpha value is -1.95. The van der Waals surface area contributed by atoms with Gasteiger partial charge in [0.1, 0.15) is 12.7 Å². The lowest BCUT2D eigenvalue weighted by Gasteiger charge is -2.36. The van der Waals surface area contributed by atoms with Crippen LogP contribution in [0, 0.1) is 0 Å². The van der Waals surface area contributed by atoms with Crippen LogP contribution in [0.1, 0.15) is 43.6 Å². The lowest BCUT2D eigenvalue weighted by atomic mass is 10.0. The monoisotopic (exact) mass is 400 g/mol. The molecular weight excluding hydrogens is 368 g/mol. The zero-order valence-electron chi connectivity index (χ0n) is 17.6. The molecule has 5 heteroatoms. The Kier molecular flexibility index (Phi) is 7.58. The van der Waals surface area contributed by atoms with Crippen LogP contribution in [0.4, 0.5) is 0 Å². The summed E-state index contributed by atoms with van der Waals surface area (Å²) in [6, 6.07) is 17.0. The fourth-order valence-corrected chi connectivity index (χ4v) is 3.47. The molecule has 0 saturated heterocycles. The van der Waals surface area contributed by atoms with E-state index in [0.29, 0.717) is 0 Å². The highest BCUT2D eigenvalue weighted by Crippen LogP contribution is 2.37. The fourth-order valence-electron chi connectivity index (χ4n) is 2.47. The molecule has 0 saturated carbocycles. The SMILES string of the molecule is CC(C)(C)[Si](C)(C)OCC(O)c1cccc(CC(=O)OCc2ccccc2)c1. The number of rotatable bonds is 8. The molecule has 0 spiro atoms. The maximum atomic E-state index is 12.1. The Morgan fingerprint density at radius 3 is 2.32 bits per heavy atom. The summed E-state index contributed by atoms with van der Waals surface area (Å²) in [7, 11) is -1.92. The lowest BCUT2D eigenvalue weighted by Crippen LogP contribution is -2.41. The standard InChI is InChI=1S/C23H32O4Si/c1-23(2,3)28(4,5)27-17-21(24)20-13-9-12-19(14-20)15-22(25)26-16-18-10-7-6-8-11-18/h6-14,21,24H,15-17H2,1-5H3. The molecule has 2 rings (SSSR count). The van der Waals surface area contributed by atoms with Crippen molar-refractivity contribution in [2.45, 2.75) is 58.0 Å². The molecule has 2 aromatic carbocycles. The summed E-state index contributed by atoms with van der Waals surface area (Å²) in [6.07, 6.45) is -0.536. The summed E-state index contributed by atoms with van der Waals surface area (Å²) in [5, 5.41) is 10.6. The number of aliphatic hydroxyl groups is 1. The van der Waals surface area contributed by atoms with Crippen LogP contribution in [0.5, 0.6) is 0 Å². The molecule has 0 aliphatic heterocycles. The second kappa shape index (κ2) is 9.50. The van der Waals surface area contributed by atoms with Gasteiger partial charge >= 0.3 is 5.97 Å². The molecule has 0 aromatic heterocycles. The van der Waals surface area contributed by atoms with Gasteiger partial charge in [-0.15, -0.1) is 0 Å². The van der Waals surface area contributed by atoms with Crippen LogP contribution in [0.15, 0.2) is 54.6 Å². The van der Waals surface area contributed by atoms with Crippen molar-refractivity contribution in [3.63, 3.8) is 0 Å². The van der Waals surface area contributed by atoms with E-state index in [1.807, 2.05) is 54.6 Å². The third kappa shape index (κ3) is 6.58. The van der Waals surface area contributed by atoms with E-state index in [9.17, 15) is 9.90 Å². The molecule has 0 aliphatic rings. The predicted octanol–water partition coefficient (Wildman–Crippen LogP) is 5.03. The molecule has 1 N–H and O–H groups in total. The zero-order valence-corrected chi connectivity index (χ0v) is 18.6. The van der Waals surface area contributed by atoms with Crippen molar-refractivity contribution < 1.29 is 19.1 Å².